The Morgan fingerprint density at radius 3 is 2.75 bits per heavy atom. The number of nitrogens with zero attached hydrogens (tertiary/aromatic N) is 1. The van der Waals surface area contributed by atoms with Crippen molar-refractivity contribution in [2.45, 2.75) is 33.1 Å². The largest absolute Gasteiger partial charge is 0.507 e. The van der Waals surface area contributed by atoms with Gasteiger partial charge in [-0.2, -0.15) is 0 Å². The van der Waals surface area contributed by atoms with Crippen LogP contribution in [0.1, 0.15) is 38.7 Å². The van der Waals surface area contributed by atoms with E-state index in [1.54, 1.807) is 18.2 Å². The number of phenolic OH excluding ortho intramolecular Hbond substituents is 1. The maximum absolute atomic E-state index is 9.75. The van der Waals surface area contributed by atoms with Crippen LogP contribution in [0.2, 0.25) is 5.02 Å². The van der Waals surface area contributed by atoms with Crippen molar-refractivity contribution in [3.8, 4) is 5.75 Å². The van der Waals surface area contributed by atoms with E-state index >= 15 is 0 Å². The number of halogens is 1. The zero-order valence-corrected chi connectivity index (χ0v) is 10.6. The number of aromatic hydroxyl groups is 1. The van der Waals surface area contributed by atoms with Gasteiger partial charge in [-0.25, -0.2) is 0 Å². The number of aliphatic imine (C=N–C) groups is 1. The molecule has 0 aromatic heterocycles. The minimum Gasteiger partial charge on any atom is -0.507 e. The number of unbranched alkanes of at least 4 members (excludes halogenated alkanes) is 1. The molecule has 16 heavy (non-hydrogen) atoms. The standard InChI is InChI=1S/C13H18ClNO/c1-3-5-8-15-12(4-2)11-9-10(14)6-7-13(11)16/h6-7,9,16H,3-5,8H2,1-2H3. The Morgan fingerprint density at radius 2 is 2.12 bits per heavy atom. The Morgan fingerprint density at radius 1 is 1.38 bits per heavy atom. The summed E-state index contributed by atoms with van der Waals surface area (Å²) in [6.45, 7) is 4.98. The third-order valence-electron chi connectivity index (χ3n) is 2.42. The minimum atomic E-state index is 0.251. The van der Waals surface area contributed by atoms with Crippen molar-refractivity contribution in [1.82, 2.24) is 0 Å². The number of hydrogen-bond donors (Lipinski definition) is 1. The van der Waals surface area contributed by atoms with Gasteiger partial charge in [0.1, 0.15) is 5.75 Å². The first-order chi connectivity index (χ1) is 7.69. The van der Waals surface area contributed by atoms with E-state index in [0.29, 0.717) is 5.02 Å². The van der Waals surface area contributed by atoms with E-state index in [4.69, 9.17) is 11.6 Å². The molecule has 0 saturated carbocycles. The van der Waals surface area contributed by atoms with Crippen LogP contribution >= 0.6 is 11.6 Å². The van der Waals surface area contributed by atoms with Crippen LogP contribution in [0, 0.1) is 0 Å². The van der Waals surface area contributed by atoms with Crippen LogP contribution in [0.25, 0.3) is 0 Å². The lowest BCUT2D eigenvalue weighted by molar-refractivity contribution is 0.474. The first-order valence-corrected chi connectivity index (χ1v) is 6.09. The first kappa shape index (κ1) is 13.0. The Balaban J connectivity index is 2.94. The monoisotopic (exact) mass is 239 g/mol. The highest BCUT2D eigenvalue weighted by molar-refractivity contribution is 6.31. The quantitative estimate of drug-likeness (QED) is 0.610. The van der Waals surface area contributed by atoms with Crippen molar-refractivity contribution >= 4 is 17.3 Å². The molecule has 1 N–H and O–H groups in total. The number of rotatable bonds is 5. The third kappa shape index (κ3) is 3.53. The van der Waals surface area contributed by atoms with Crippen molar-refractivity contribution in [3.63, 3.8) is 0 Å². The molecule has 1 aromatic carbocycles. The second-order valence-electron chi connectivity index (χ2n) is 3.70. The highest BCUT2D eigenvalue weighted by Crippen LogP contribution is 2.23. The fourth-order valence-corrected chi connectivity index (χ4v) is 1.67. The minimum absolute atomic E-state index is 0.251. The Labute approximate surface area is 102 Å². The van der Waals surface area contributed by atoms with Crippen LogP contribution in [-0.2, 0) is 0 Å². The normalized spacial score (nSPS) is 11.8. The second-order valence-corrected chi connectivity index (χ2v) is 4.13. The summed E-state index contributed by atoms with van der Waals surface area (Å²) in [5.41, 5.74) is 1.68. The lowest BCUT2D eigenvalue weighted by Crippen LogP contribution is -2.01. The molecule has 0 fully saturated rings. The van der Waals surface area contributed by atoms with Gasteiger partial charge in [-0.3, -0.25) is 4.99 Å². The fourth-order valence-electron chi connectivity index (χ4n) is 1.50. The van der Waals surface area contributed by atoms with Gasteiger partial charge in [0.25, 0.3) is 0 Å². The van der Waals surface area contributed by atoms with Gasteiger partial charge in [0.2, 0.25) is 0 Å². The summed E-state index contributed by atoms with van der Waals surface area (Å²) in [7, 11) is 0. The van der Waals surface area contributed by atoms with Crippen LogP contribution in [0.4, 0.5) is 0 Å². The molecular formula is C13H18ClNO. The zero-order valence-electron chi connectivity index (χ0n) is 9.83. The summed E-state index contributed by atoms with van der Waals surface area (Å²) < 4.78 is 0. The summed E-state index contributed by atoms with van der Waals surface area (Å²) in [6.07, 6.45) is 3.00. The van der Waals surface area contributed by atoms with Gasteiger partial charge in [-0.1, -0.05) is 31.9 Å². The maximum Gasteiger partial charge on any atom is 0.124 e. The van der Waals surface area contributed by atoms with Gasteiger partial charge in [-0.05, 0) is 31.0 Å². The predicted molar refractivity (Wildman–Crippen MR) is 69.7 cm³/mol. The van der Waals surface area contributed by atoms with Gasteiger partial charge in [0, 0.05) is 22.8 Å². The van der Waals surface area contributed by atoms with Gasteiger partial charge >= 0.3 is 0 Å². The maximum atomic E-state index is 9.75. The molecule has 0 atom stereocenters. The molecule has 1 rings (SSSR count). The molecule has 0 unspecified atom stereocenters. The molecule has 0 aliphatic heterocycles. The van der Waals surface area contributed by atoms with Gasteiger partial charge < -0.3 is 5.11 Å². The second kappa shape index (κ2) is 6.54. The molecule has 3 heteroatoms. The average Bonchev–Trinajstić information content (AvgIpc) is 2.28. The molecular weight excluding hydrogens is 222 g/mol. The van der Waals surface area contributed by atoms with Crippen LogP contribution in [0.3, 0.4) is 0 Å². The van der Waals surface area contributed by atoms with E-state index in [0.717, 1.165) is 37.1 Å². The number of hydrogen-bond acceptors (Lipinski definition) is 2. The molecule has 2 nitrogen and oxygen atoms in total. The topological polar surface area (TPSA) is 32.6 Å². The van der Waals surface area contributed by atoms with Crippen LogP contribution in [-0.4, -0.2) is 17.4 Å². The molecule has 0 aliphatic carbocycles. The summed E-state index contributed by atoms with van der Waals surface area (Å²) >= 11 is 5.91. The van der Waals surface area contributed by atoms with Gasteiger partial charge in [0.05, 0.1) is 0 Å². The molecule has 88 valence electrons. The number of phenols is 1. The SMILES string of the molecule is CCCCN=C(CC)c1cc(Cl)ccc1O. The summed E-state index contributed by atoms with van der Waals surface area (Å²) in [5.74, 6) is 0.251. The first-order valence-electron chi connectivity index (χ1n) is 5.71. The van der Waals surface area contributed by atoms with E-state index in [9.17, 15) is 5.11 Å². The molecule has 0 bridgehead atoms. The highest BCUT2D eigenvalue weighted by Gasteiger charge is 2.07. The summed E-state index contributed by atoms with van der Waals surface area (Å²) in [4.78, 5) is 4.50. The highest BCUT2D eigenvalue weighted by atomic mass is 35.5. The Bertz CT molecular complexity index is 374. The summed E-state index contributed by atoms with van der Waals surface area (Å²) in [6, 6.07) is 5.06. The lowest BCUT2D eigenvalue weighted by Gasteiger charge is -2.07. The van der Waals surface area contributed by atoms with Gasteiger partial charge in [-0.15, -0.1) is 0 Å². The van der Waals surface area contributed by atoms with E-state index < -0.39 is 0 Å². The van der Waals surface area contributed by atoms with E-state index in [-0.39, 0.29) is 5.75 Å². The summed E-state index contributed by atoms with van der Waals surface area (Å²) in [5, 5.41) is 10.4. The van der Waals surface area contributed by atoms with Crippen molar-refractivity contribution < 1.29 is 5.11 Å². The lowest BCUT2D eigenvalue weighted by atomic mass is 10.1. The van der Waals surface area contributed by atoms with E-state index in [1.165, 1.54) is 0 Å². The molecule has 0 aliphatic rings. The van der Waals surface area contributed by atoms with Crippen molar-refractivity contribution in [2.75, 3.05) is 6.54 Å². The smallest absolute Gasteiger partial charge is 0.124 e. The van der Waals surface area contributed by atoms with Crippen LogP contribution < -0.4 is 0 Å². The molecule has 0 radical (unpaired) electrons. The fraction of sp³-hybridized carbons (Fsp3) is 0.462. The van der Waals surface area contributed by atoms with Crippen molar-refractivity contribution in [3.05, 3.63) is 28.8 Å². The van der Waals surface area contributed by atoms with Crippen LogP contribution in [0.15, 0.2) is 23.2 Å². The Hall–Kier alpha value is -1.02. The van der Waals surface area contributed by atoms with Crippen molar-refractivity contribution in [1.29, 1.82) is 0 Å². The van der Waals surface area contributed by atoms with Crippen LogP contribution in [0.5, 0.6) is 5.75 Å². The molecule has 0 saturated heterocycles. The molecule has 0 amide bonds. The Kier molecular flexibility index (Phi) is 5.33. The molecule has 0 heterocycles. The van der Waals surface area contributed by atoms with E-state index in [2.05, 4.69) is 11.9 Å². The van der Waals surface area contributed by atoms with Crippen molar-refractivity contribution in [2.24, 2.45) is 4.99 Å². The number of benzene rings is 1. The predicted octanol–water partition coefficient (Wildman–Crippen LogP) is 4.04. The zero-order chi connectivity index (χ0) is 12.0. The average molecular weight is 240 g/mol. The van der Waals surface area contributed by atoms with E-state index in [1.807, 2.05) is 6.92 Å². The molecule has 1 aromatic rings. The molecule has 0 spiro atoms. The van der Waals surface area contributed by atoms with Gasteiger partial charge in [0.15, 0.2) is 0 Å². The third-order valence-corrected chi connectivity index (χ3v) is 2.65.